The zero-order chi connectivity index (χ0) is 26.4. The number of carbonyl (C=O) groups is 1. The van der Waals surface area contributed by atoms with Crippen LogP contribution in [0.25, 0.3) is 0 Å². The molecule has 5 rings (SSSR count). The van der Waals surface area contributed by atoms with E-state index < -0.39 is 46.9 Å². The number of hydrogen-bond donors (Lipinski definition) is 2. The average Bonchev–Trinajstić information content (AvgIpc) is 2.83. The van der Waals surface area contributed by atoms with Gasteiger partial charge in [-0.05, 0) is 36.1 Å². The van der Waals surface area contributed by atoms with Crippen LogP contribution in [0, 0.1) is 23.4 Å². The summed E-state index contributed by atoms with van der Waals surface area (Å²) in [7, 11) is 0. The summed E-state index contributed by atoms with van der Waals surface area (Å²) in [6.07, 6.45) is 0.372. The van der Waals surface area contributed by atoms with Crippen LogP contribution in [0.1, 0.15) is 47.5 Å². The minimum absolute atomic E-state index is 0.0380. The number of amides is 1. The summed E-state index contributed by atoms with van der Waals surface area (Å²) in [5, 5.41) is 10.5. The molecule has 1 amide bonds. The van der Waals surface area contributed by atoms with Gasteiger partial charge in [-0.15, -0.1) is 0 Å². The Labute approximate surface area is 208 Å². The average molecular weight is 515 g/mol. The molecule has 1 aromatic carbocycles. The summed E-state index contributed by atoms with van der Waals surface area (Å²) in [5.41, 5.74) is 5.20. The Morgan fingerprint density at radius 3 is 2.54 bits per heavy atom. The van der Waals surface area contributed by atoms with Crippen LogP contribution in [0.3, 0.4) is 0 Å². The summed E-state index contributed by atoms with van der Waals surface area (Å²) in [5.74, 6) is -7.64. The van der Waals surface area contributed by atoms with E-state index in [1.165, 1.54) is 6.07 Å². The van der Waals surface area contributed by atoms with Crippen molar-refractivity contribution in [3.8, 4) is 5.75 Å². The summed E-state index contributed by atoms with van der Waals surface area (Å²) in [4.78, 5) is 38.7. The molecule has 11 heteroatoms. The fourth-order valence-corrected chi connectivity index (χ4v) is 5.55. The molecule has 8 nitrogen and oxygen atoms in total. The smallest absolute Gasteiger partial charge is 0.250 e. The molecule has 2 bridgehead atoms. The summed E-state index contributed by atoms with van der Waals surface area (Å²) < 4.78 is 49.1. The highest BCUT2D eigenvalue weighted by Crippen LogP contribution is 2.37. The van der Waals surface area contributed by atoms with Gasteiger partial charge in [-0.2, -0.15) is 0 Å². The molecule has 2 aromatic heterocycles. The fraction of sp³-hybridized carbons (Fsp3) is 0.346. The molecule has 1 saturated heterocycles. The zero-order valence-electron chi connectivity index (χ0n) is 19.6. The number of nitrogens with two attached hydrogens (primary N) is 1. The van der Waals surface area contributed by atoms with Crippen molar-refractivity contribution in [1.29, 1.82) is 0 Å². The van der Waals surface area contributed by atoms with Crippen LogP contribution < -0.4 is 16.7 Å². The first-order chi connectivity index (χ1) is 17.6. The van der Waals surface area contributed by atoms with Crippen LogP contribution >= 0.6 is 0 Å². The van der Waals surface area contributed by atoms with E-state index in [9.17, 15) is 32.7 Å². The zero-order valence-corrected chi connectivity index (χ0v) is 19.6. The minimum atomic E-state index is -1.69. The third kappa shape index (κ3) is 4.78. The van der Waals surface area contributed by atoms with Gasteiger partial charge in [-0.1, -0.05) is 6.07 Å². The SMILES string of the molecule is NC(=O)C[C@@H](c1cc(F)c(F)c(F)c1)c1oc(CN2C[C@H]3C[C@@H](C2)c2cccc(=O)n2C3)cc(=O)c1O. The molecule has 3 atom stereocenters. The number of likely N-dealkylation sites (tertiary alicyclic amines) is 1. The molecule has 4 heterocycles. The van der Waals surface area contributed by atoms with Crippen LogP contribution in [0.4, 0.5) is 13.2 Å². The second kappa shape index (κ2) is 9.55. The van der Waals surface area contributed by atoms with Crippen molar-refractivity contribution in [2.75, 3.05) is 13.1 Å². The van der Waals surface area contributed by atoms with Gasteiger partial charge < -0.3 is 19.8 Å². The van der Waals surface area contributed by atoms with E-state index in [0.29, 0.717) is 31.8 Å². The number of aromatic hydroxyl groups is 1. The monoisotopic (exact) mass is 515 g/mol. The maximum absolute atomic E-state index is 14.0. The van der Waals surface area contributed by atoms with Crippen molar-refractivity contribution in [2.24, 2.45) is 11.7 Å². The number of benzene rings is 1. The second-order valence-electron chi connectivity index (χ2n) is 9.70. The minimum Gasteiger partial charge on any atom is -0.502 e. The lowest BCUT2D eigenvalue weighted by molar-refractivity contribution is -0.118. The fourth-order valence-electron chi connectivity index (χ4n) is 5.55. The van der Waals surface area contributed by atoms with E-state index in [-0.39, 0.29) is 41.0 Å². The molecule has 0 aliphatic carbocycles. The Bertz CT molecular complexity index is 1480. The second-order valence-corrected chi connectivity index (χ2v) is 9.70. The Hall–Kier alpha value is -3.86. The van der Waals surface area contributed by atoms with Gasteiger partial charge in [0.2, 0.25) is 17.1 Å². The van der Waals surface area contributed by atoms with E-state index >= 15 is 0 Å². The highest BCUT2D eigenvalue weighted by Gasteiger charge is 2.35. The van der Waals surface area contributed by atoms with Crippen LogP contribution in [0.5, 0.6) is 5.75 Å². The highest BCUT2D eigenvalue weighted by atomic mass is 19.2. The van der Waals surface area contributed by atoms with E-state index in [1.807, 2.05) is 6.07 Å². The van der Waals surface area contributed by atoms with Crippen LogP contribution in [0.15, 0.2) is 50.4 Å². The largest absolute Gasteiger partial charge is 0.502 e. The van der Waals surface area contributed by atoms with Crippen molar-refractivity contribution < 1.29 is 27.5 Å². The number of fused-ring (bicyclic) bond motifs is 4. The number of piperidine rings is 1. The van der Waals surface area contributed by atoms with Crippen LogP contribution in [-0.2, 0) is 17.9 Å². The molecule has 3 aromatic rings. The first-order valence-electron chi connectivity index (χ1n) is 11.8. The first kappa shape index (κ1) is 24.8. The van der Waals surface area contributed by atoms with Gasteiger partial charge in [0.15, 0.2) is 23.2 Å². The molecular formula is C26H24F3N3O5. The van der Waals surface area contributed by atoms with Crippen molar-refractivity contribution in [2.45, 2.75) is 37.8 Å². The Morgan fingerprint density at radius 2 is 1.84 bits per heavy atom. The van der Waals surface area contributed by atoms with Crippen molar-refractivity contribution in [1.82, 2.24) is 9.47 Å². The maximum Gasteiger partial charge on any atom is 0.250 e. The number of hydrogen-bond acceptors (Lipinski definition) is 6. The quantitative estimate of drug-likeness (QED) is 0.487. The highest BCUT2D eigenvalue weighted by molar-refractivity contribution is 5.75. The van der Waals surface area contributed by atoms with Gasteiger partial charge in [0.1, 0.15) is 5.76 Å². The standard InChI is InChI=1S/C26H24F3N3O5/c27-18-5-14(6-19(28)24(18)29)17(8-22(30)34)26-25(36)21(33)7-16(37-26)12-31-9-13-4-15(11-31)20-2-1-3-23(35)32(20)10-13/h1-3,5-7,13,15,17,36H,4,8-12H2,(H2,30,34)/t13-,15+,17+/m1/s1. The molecule has 0 spiro atoms. The normalized spacial score (nSPS) is 19.9. The van der Waals surface area contributed by atoms with Gasteiger partial charge in [-0.3, -0.25) is 19.3 Å². The number of carbonyl (C=O) groups excluding carboxylic acids is 1. The van der Waals surface area contributed by atoms with Gasteiger partial charge in [0, 0.05) is 49.8 Å². The summed E-state index contributed by atoms with van der Waals surface area (Å²) in [6.45, 7) is 1.99. The lowest BCUT2D eigenvalue weighted by atomic mass is 9.83. The predicted molar refractivity (Wildman–Crippen MR) is 125 cm³/mol. The third-order valence-corrected chi connectivity index (χ3v) is 7.07. The maximum atomic E-state index is 14.0. The molecule has 0 saturated carbocycles. The predicted octanol–water partition coefficient (Wildman–Crippen LogP) is 2.55. The van der Waals surface area contributed by atoms with Gasteiger partial charge in [-0.25, -0.2) is 13.2 Å². The van der Waals surface area contributed by atoms with E-state index in [0.717, 1.165) is 18.2 Å². The number of pyridine rings is 1. The van der Waals surface area contributed by atoms with E-state index in [1.54, 1.807) is 10.6 Å². The molecule has 0 unspecified atom stereocenters. The number of halogens is 3. The Balaban J connectivity index is 1.47. The van der Waals surface area contributed by atoms with E-state index in [4.69, 9.17) is 10.2 Å². The molecule has 2 aliphatic heterocycles. The molecule has 0 radical (unpaired) electrons. The van der Waals surface area contributed by atoms with Crippen molar-refractivity contribution >= 4 is 5.91 Å². The topological polar surface area (TPSA) is 119 Å². The van der Waals surface area contributed by atoms with Crippen LogP contribution in [-0.4, -0.2) is 33.6 Å². The summed E-state index contributed by atoms with van der Waals surface area (Å²) >= 11 is 0. The van der Waals surface area contributed by atoms with Crippen molar-refractivity contribution in [3.05, 3.63) is 97.2 Å². The molecule has 1 fully saturated rings. The lowest BCUT2D eigenvalue weighted by Crippen LogP contribution is -2.46. The molecule has 2 aliphatic rings. The van der Waals surface area contributed by atoms with Gasteiger partial charge in [0.25, 0.3) is 5.56 Å². The number of rotatable bonds is 6. The molecule has 37 heavy (non-hydrogen) atoms. The molecular weight excluding hydrogens is 491 g/mol. The lowest BCUT2D eigenvalue weighted by Gasteiger charge is -2.42. The Kier molecular flexibility index (Phi) is 6.40. The molecule has 194 valence electrons. The Morgan fingerprint density at radius 1 is 1.11 bits per heavy atom. The number of primary amides is 1. The number of nitrogens with zero attached hydrogens (tertiary/aromatic N) is 2. The summed E-state index contributed by atoms with van der Waals surface area (Å²) in [6, 6.07) is 7.66. The van der Waals surface area contributed by atoms with Gasteiger partial charge >= 0.3 is 0 Å². The molecule has 3 N–H and O–H groups in total. The first-order valence-corrected chi connectivity index (χ1v) is 11.8. The van der Waals surface area contributed by atoms with Crippen LogP contribution in [0.2, 0.25) is 0 Å². The van der Waals surface area contributed by atoms with E-state index in [2.05, 4.69) is 4.90 Å². The third-order valence-electron chi connectivity index (χ3n) is 7.07. The number of aromatic nitrogens is 1. The van der Waals surface area contributed by atoms with Gasteiger partial charge in [0.05, 0.1) is 12.5 Å². The van der Waals surface area contributed by atoms with Crippen molar-refractivity contribution in [3.63, 3.8) is 0 Å².